The quantitative estimate of drug-likeness (QED) is 0.386. The first-order chi connectivity index (χ1) is 15.9. The molecule has 34 heavy (non-hydrogen) atoms. The van der Waals surface area contributed by atoms with Gasteiger partial charge < -0.3 is 35.0 Å². The Hall–Kier alpha value is -0.770. The fourth-order valence-corrected chi connectivity index (χ4v) is 8.94. The standard InChI is InChI=1S/C26H42O8/c1-24-9-6-14(33-23-20(29)18(27)19(28)21(34-23)22(30)31)12-13(24)4-5-15-16(24)7-10-25(2)17(15)8-11-26(25,3)32/h13-21,23,27-29,32H,4-12H2,1-3H3,(H,30,31)/t13-,14+,15+,16-,17-,18-,19-,20+,21-,23+,24-,25-,26-/m0/s1. The number of aliphatic hydroxyl groups is 4. The first-order valence-electron chi connectivity index (χ1n) is 13.2. The Balaban J connectivity index is 1.27. The number of carboxylic acid groups (broad SMARTS) is 1. The second-order valence-corrected chi connectivity index (χ2v) is 12.7. The summed E-state index contributed by atoms with van der Waals surface area (Å²) < 4.78 is 11.4. The van der Waals surface area contributed by atoms with E-state index in [0.717, 1.165) is 51.4 Å². The normalized spacial score (nSPS) is 57.4. The Morgan fingerprint density at radius 1 is 0.882 bits per heavy atom. The van der Waals surface area contributed by atoms with Crippen molar-refractivity contribution in [2.75, 3.05) is 0 Å². The maximum atomic E-state index is 11.4. The van der Waals surface area contributed by atoms with Crippen molar-refractivity contribution in [2.24, 2.45) is 34.5 Å². The van der Waals surface area contributed by atoms with Crippen LogP contribution in [0.15, 0.2) is 0 Å². The number of hydrogen-bond acceptors (Lipinski definition) is 7. The molecule has 194 valence electrons. The molecule has 0 radical (unpaired) electrons. The lowest BCUT2D eigenvalue weighted by Gasteiger charge is -2.61. The zero-order chi connectivity index (χ0) is 24.6. The first kappa shape index (κ1) is 24.9. The van der Waals surface area contributed by atoms with E-state index in [0.29, 0.717) is 23.7 Å². The summed E-state index contributed by atoms with van der Waals surface area (Å²) in [4.78, 5) is 11.4. The van der Waals surface area contributed by atoms with E-state index in [1.54, 1.807) is 0 Å². The third-order valence-electron chi connectivity index (χ3n) is 11.3. The smallest absolute Gasteiger partial charge is 0.335 e. The van der Waals surface area contributed by atoms with Crippen LogP contribution in [0.4, 0.5) is 0 Å². The number of aliphatic carboxylic acids is 1. The van der Waals surface area contributed by atoms with Crippen molar-refractivity contribution in [3.05, 3.63) is 0 Å². The van der Waals surface area contributed by atoms with E-state index in [2.05, 4.69) is 13.8 Å². The van der Waals surface area contributed by atoms with E-state index in [-0.39, 0.29) is 16.9 Å². The molecule has 0 unspecified atom stereocenters. The fraction of sp³-hybridized carbons (Fsp3) is 0.962. The van der Waals surface area contributed by atoms with Crippen LogP contribution in [-0.2, 0) is 14.3 Å². The summed E-state index contributed by atoms with van der Waals surface area (Å²) in [5, 5.41) is 50.8. The maximum Gasteiger partial charge on any atom is 0.335 e. The molecule has 0 spiro atoms. The summed E-state index contributed by atoms with van der Waals surface area (Å²) in [6.45, 7) is 6.79. The summed E-state index contributed by atoms with van der Waals surface area (Å²) in [6, 6.07) is 0. The van der Waals surface area contributed by atoms with Gasteiger partial charge in [-0.25, -0.2) is 4.79 Å². The number of carbonyl (C=O) groups is 1. The van der Waals surface area contributed by atoms with Crippen LogP contribution in [0.5, 0.6) is 0 Å². The van der Waals surface area contributed by atoms with E-state index >= 15 is 0 Å². The SMILES string of the molecule is C[C@]12CC[C@@H](O[C@@H]3O[C@H](C(=O)O)[C@@H](O)[C@H](O)[C@H]3O)C[C@@H]1CC[C@@H]1[C@@H]2CC[C@@]2(C)[C@H]1CC[C@]2(C)O. The molecule has 5 rings (SSSR count). The van der Waals surface area contributed by atoms with Crippen LogP contribution in [0.25, 0.3) is 0 Å². The molecule has 0 bridgehead atoms. The number of hydrogen-bond donors (Lipinski definition) is 5. The molecular weight excluding hydrogens is 440 g/mol. The molecule has 0 aromatic rings. The summed E-state index contributed by atoms with van der Waals surface area (Å²) >= 11 is 0. The summed E-state index contributed by atoms with van der Waals surface area (Å²) in [6.07, 6.45) is 1.20. The van der Waals surface area contributed by atoms with Crippen LogP contribution in [0.2, 0.25) is 0 Å². The lowest BCUT2D eigenvalue weighted by Crippen LogP contribution is -2.61. The van der Waals surface area contributed by atoms with Gasteiger partial charge in [-0.2, -0.15) is 0 Å². The van der Waals surface area contributed by atoms with Crippen LogP contribution in [0.3, 0.4) is 0 Å². The molecule has 1 heterocycles. The molecule has 8 heteroatoms. The largest absolute Gasteiger partial charge is 0.479 e. The molecule has 5 N–H and O–H groups in total. The van der Waals surface area contributed by atoms with Crippen molar-refractivity contribution in [1.82, 2.24) is 0 Å². The molecule has 0 aromatic carbocycles. The lowest BCUT2D eigenvalue weighted by atomic mass is 9.44. The molecule has 8 nitrogen and oxygen atoms in total. The van der Waals surface area contributed by atoms with E-state index in [9.17, 15) is 30.3 Å². The van der Waals surface area contributed by atoms with Gasteiger partial charge in [-0.05, 0) is 99.2 Å². The van der Waals surface area contributed by atoms with E-state index in [4.69, 9.17) is 9.47 Å². The monoisotopic (exact) mass is 482 g/mol. The second-order valence-electron chi connectivity index (χ2n) is 12.7. The lowest BCUT2D eigenvalue weighted by molar-refractivity contribution is -0.309. The van der Waals surface area contributed by atoms with E-state index in [1.165, 1.54) is 6.42 Å². The Labute approximate surface area is 201 Å². The molecule has 1 aliphatic heterocycles. The van der Waals surface area contributed by atoms with Crippen molar-refractivity contribution in [3.63, 3.8) is 0 Å². The molecule has 0 amide bonds. The van der Waals surface area contributed by atoms with Gasteiger partial charge in [0.05, 0.1) is 11.7 Å². The Morgan fingerprint density at radius 2 is 1.59 bits per heavy atom. The molecule has 1 saturated heterocycles. The molecule has 0 aromatic heterocycles. The van der Waals surface area contributed by atoms with Crippen molar-refractivity contribution in [1.29, 1.82) is 0 Å². The zero-order valence-corrected chi connectivity index (χ0v) is 20.6. The van der Waals surface area contributed by atoms with Gasteiger partial charge in [-0.3, -0.25) is 0 Å². The van der Waals surface area contributed by atoms with Crippen molar-refractivity contribution >= 4 is 5.97 Å². The van der Waals surface area contributed by atoms with Gasteiger partial charge in [0.2, 0.25) is 0 Å². The van der Waals surface area contributed by atoms with Gasteiger partial charge in [0, 0.05) is 0 Å². The van der Waals surface area contributed by atoms with Crippen molar-refractivity contribution in [2.45, 2.75) is 121 Å². The molecule has 5 aliphatic rings. The molecule has 13 atom stereocenters. The van der Waals surface area contributed by atoms with Gasteiger partial charge >= 0.3 is 5.97 Å². The molecular formula is C26H42O8. The highest BCUT2D eigenvalue weighted by Crippen LogP contribution is 2.68. The van der Waals surface area contributed by atoms with Crippen LogP contribution < -0.4 is 0 Å². The Bertz CT molecular complexity index is 802. The average Bonchev–Trinajstić information content (AvgIpc) is 3.03. The first-order valence-corrected chi connectivity index (χ1v) is 13.2. The summed E-state index contributed by atoms with van der Waals surface area (Å²) in [5.41, 5.74) is -0.346. The Morgan fingerprint density at radius 3 is 2.29 bits per heavy atom. The van der Waals surface area contributed by atoms with Crippen LogP contribution in [0.1, 0.15) is 78.6 Å². The van der Waals surface area contributed by atoms with E-state index < -0.39 is 42.3 Å². The summed E-state index contributed by atoms with van der Waals surface area (Å²) in [7, 11) is 0. The van der Waals surface area contributed by atoms with Gasteiger partial charge in [-0.15, -0.1) is 0 Å². The summed E-state index contributed by atoms with van der Waals surface area (Å²) in [5.74, 6) is 0.966. The highest BCUT2D eigenvalue weighted by Gasteiger charge is 2.63. The maximum absolute atomic E-state index is 11.4. The predicted molar refractivity (Wildman–Crippen MR) is 122 cm³/mol. The van der Waals surface area contributed by atoms with Crippen molar-refractivity contribution < 1.29 is 39.8 Å². The highest BCUT2D eigenvalue weighted by atomic mass is 16.7. The van der Waals surface area contributed by atoms with Crippen LogP contribution in [0, 0.1) is 34.5 Å². The number of fused-ring (bicyclic) bond motifs is 5. The highest BCUT2D eigenvalue weighted by molar-refractivity contribution is 5.73. The Kier molecular flexibility index (Phi) is 6.14. The average molecular weight is 483 g/mol. The van der Waals surface area contributed by atoms with Crippen LogP contribution in [-0.4, -0.2) is 73.9 Å². The van der Waals surface area contributed by atoms with E-state index in [1.807, 2.05) is 6.92 Å². The second kappa shape index (κ2) is 8.38. The van der Waals surface area contributed by atoms with Crippen LogP contribution >= 0.6 is 0 Å². The molecule has 5 fully saturated rings. The van der Waals surface area contributed by atoms with Gasteiger partial charge in [-0.1, -0.05) is 13.8 Å². The van der Waals surface area contributed by atoms with Gasteiger partial charge in [0.25, 0.3) is 0 Å². The van der Waals surface area contributed by atoms with Crippen molar-refractivity contribution in [3.8, 4) is 0 Å². The number of carboxylic acids is 1. The third kappa shape index (κ3) is 3.58. The predicted octanol–water partition coefficient (Wildman–Crippen LogP) is 2.06. The molecule has 4 saturated carbocycles. The van der Waals surface area contributed by atoms with Gasteiger partial charge in [0.15, 0.2) is 12.4 Å². The zero-order valence-electron chi connectivity index (χ0n) is 20.6. The number of rotatable bonds is 3. The molecule has 4 aliphatic carbocycles. The minimum Gasteiger partial charge on any atom is -0.479 e. The minimum absolute atomic E-state index is 0.0121. The third-order valence-corrected chi connectivity index (χ3v) is 11.3. The topological polar surface area (TPSA) is 137 Å². The number of ether oxygens (including phenoxy) is 2. The number of aliphatic hydroxyl groups excluding tert-OH is 3. The fourth-order valence-electron chi connectivity index (χ4n) is 8.94. The van der Waals surface area contributed by atoms with Gasteiger partial charge in [0.1, 0.15) is 18.3 Å². The minimum atomic E-state index is -1.70.